The van der Waals surface area contributed by atoms with Gasteiger partial charge in [-0.15, -0.1) is 11.3 Å². The second-order valence-corrected chi connectivity index (χ2v) is 5.24. The van der Waals surface area contributed by atoms with E-state index >= 15 is 0 Å². The molecule has 0 amide bonds. The molecule has 0 bridgehead atoms. The maximum Gasteiger partial charge on any atom is 0.109 e. The SMILES string of the molecule is CC(NCC(C)C1CC1)c1nccs1. The molecule has 0 aromatic carbocycles. The average molecular weight is 210 g/mol. The molecule has 0 aliphatic heterocycles. The number of hydrogen-bond donors (Lipinski definition) is 1. The zero-order chi connectivity index (χ0) is 9.97. The molecule has 1 saturated carbocycles. The Bertz CT molecular complexity index is 267. The first-order valence-electron chi connectivity index (χ1n) is 5.40. The van der Waals surface area contributed by atoms with E-state index in [0.717, 1.165) is 18.4 Å². The van der Waals surface area contributed by atoms with Crippen LogP contribution in [0.4, 0.5) is 0 Å². The van der Waals surface area contributed by atoms with Crippen LogP contribution in [0.25, 0.3) is 0 Å². The van der Waals surface area contributed by atoms with Gasteiger partial charge in [0.1, 0.15) is 5.01 Å². The lowest BCUT2D eigenvalue weighted by Crippen LogP contribution is -2.25. The Balaban J connectivity index is 1.74. The van der Waals surface area contributed by atoms with Gasteiger partial charge >= 0.3 is 0 Å². The van der Waals surface area contributed by atoms with Crippen molar-refractivity contribution in [2.45, 2.75) is 32.7 Å². The minimum Gasteiger partial charge on any atom is -0.308 e. The standard InChI is InChI=1S/C11H18N2S/c1-8(10-3-4-10)7-13-9(2)11-12-5-6-14-11/h5-6,8-10,13H,3-4,7H2,1-2H3. The van der Waals surface area contributed by atoms with Crippen molar-refractivity contribution in [3.8, 4) is 0 Å². The summed E-state index contributed by atoms with van der Waals surface area (Å²) < 4.78 is 0. The van der Waals surface area contributed by atoms with Gasteiger partial charge in [-0.1, -0.05) is 6.92 Å². The molecule has 1 N–H and O–H groups in total. The van der Waals surface area contributed by atoms with E-state index in [2.05, 4.69) is 24.1 Å². The summed E-state index contributed by atoms with van der Waals surface area (Å²) in [5.41, 5.74) is 0. The van der Waals surface area contributed by atoms with Crippen LogP contribution in [0.15, 0.2) is 11.6 Å². The fourth-order valence-electron chi connectivity index (χ4n) is 1.73. The van der Waals surface area contributed by atoms with Gasteiger partial charge in [0.15, 0.2) is 0 Å². The Morgan fingerprint density at radius 2 is 2.36 bits per heavy atom. The molecule has 1 aromatic rings. The quantitative estimate of drug-likeness (QED) is 0.808. The minimum atomic E-state index is 0.413. The van der Waals surface area contributed by atoms with E-state index in [0.29, 0.717) is 6.04 Å². The Kier molecular flexibility index (Phi) is 3.19. The van der Waals surface area contributed by atoms with Crippen LogP contribution in [0.5, 0.6) is 0 Å². The number of hydrogen-bond acceptors (Lipinski definition) is 3. The molecule has 3 heteroatoms. The van der Waals surface area contributed by atoms with E-state index in [-0.39, 0.29) is 0 Å². The van der Waals surface area contributed by atoms with Crippen molar-refractivity contribution >= 4 is 11.3 Å². The van der Waals surface area contributed by atoms with E-state index < -0.39 is 0 Å². The van der Waals surface area contributed by atoms with Crippen LogP contribution in [0, 0.1) is 11.8 Å². The molecule has 2 unspecified atom stereocenters. The third-order valence-corrected chi connectivity index (χ3v) is 3.95. The highest BCUT2D eigenvalue weighted by molar-refractivity contribution is 7.09. The van der Waals surface area contributed by atoms with Gasteiger partial charge < -0.3 is 5.32 Å². The normalized spacial score (nSPS) is 20.7. The van der Waals surface area contributed by atoms with Crippen LogP contribution in [-0.4, -0.2) is 11.5 Å². The second kappa shape index (κ2) is 4.41. The predicted octanol–water partition coefficient (Wildman–Crippen LogP) is 2.84. The van der Waals surface area contributed by atoms with Gasteiger partial charge in [-0.05, 0) is 38.1 Å². The zero-order valence-corrected chi connectivity index (χ0v) is 9.68. The maximum atomic E-state index is 4.31. The highest BCUT2D eigenvalue weighted by Gasteiger charge is 2.27. The number of nitrogens with one attached hydrogen (secondary N) is 1. The van der Waals surface area contributed by atoms with Gasteiger partial charge in [0.25, 0.3) is 0 Å². The summed E-state index contributed by atoms with van der Waals surface area (Å²) in [6.45, 7) is 5.67. The van der Waals surface area contributed by atoms with Crippen LogP contribution in [0.1, 0.15) is 37.7 Å². The van der Waals surface area contributed by atoms with Crippen molar-refractivity contribution in [2.75, 3.05) is 6.54 Å². The monoisotopic (exact) mass is 210 g/mol. The highest BCUT2D eigenvalue weighted by atomic mass is 32.1. The number of nitrogens with zero attached hydrogens (tertiary/aromatic N) is 1. The Morgan fingerprint density at radius 3 is 2.93 bits per heavy atom. The Morgan fingerprint density at radius 1 is 1.57 bits per heavy atom. The molecular weight excluding hydrogens is 192 g/mol. The fraction of sp³-hybridized carbons (Fsp3) is 0.727. The third-order valence-electron chi connectivity index (χ3n) is 2.99. The summed E-state index contributed by atoms with van der Waals surface area (Å²) >= 11 is 1.73. The van der Waals surface area contributed by atoms with Gasteiger partial charge in [0.2, 0.25) is 0 Å². The molecule has 2 nitrogen and oxygen atoms in total. The van der Waals surface area contributed by atoms with E-state index in [1.54, 1.807) is 11.3 Å². The summed E-state index contributed by atoms with van der Waals surface area (Å²) in [6.07, 6.45) is 4.76. The van der Waals surface area contributed by atoms with Crippen LogP contribution < -0.4 is 5.32 Å². The smallest absolute Gasteiger partial charge is 0.109 e. The van der Waals surface area contributed by atoms with Crippen molar-refractivity contribution in [3.63, 3.8) is 0 Å². The largest absolute Gasteiger partial charge is 0.308 e. The summed E-state index contributed by atoms with van der Waals surface area (Å²) in [5, 5.41) is 6.80. The van der Waals surface area contributed by atoms with E-state index in [1.807, 2.05) is 11.6 Å². The van der Waals surface area contributed by atoms with Crippen molar-refractivity contribution in [2.24, 2.45) is 11.8 Å². The molecule has 2 rings (SSSR count). The lowest BCUT2D eigenvalue weighted by Gasteiger charge is -2.15. The highest BCUT2D eigenvalue weighted by Crippen LogP contribution is 2.36. The minimum absolute atomic E-state index is 0.413. The lowest BCUT2D eigenvalue weighted by molar-refractivity contribution is 0.431. The topological polar surface area (TPSA) is 24.9 Å². The van der Waals surface area contributed by atoms with Crippen molar-refractivity contribution in [3.05, 3.63) is 16.6 Å². The zero-order valence-electron chi connectivity index (χ0n) is 8.86. The Labute approximate surface area is 89.8 Å². The number of aromatic nitrogens is 1. The predicted molar refractivity (Wildman–Crippen MR) is 60.4 cm³/mol. The van der Waals surface area contributed by atoms with Crippen molar-refractivity contribution in [1.82, 2.24) is 10.3 Å². The van der Waals surface area contributed by atoms with Crippen LogP contribution in [-0.2, 0) is 0 Å². The van der Waals surface area contributed by atoms with E-state index in [4.69, 9.17) is 0 Å². The van der Waals surface area contributed by atoms with E-state index in [1.165, 1.54) is 17.8 Å². The first kappa shape index (κ1) is 10.1. The summed E-state index contributed by atoms with van der Waals surface area (Å²) in [6, 6.07) is 0.413. The molecule has 0 saturated heterocycles. The molecule has 0 radical (unpaired) electrons. The molecule has 1 heterocycles. The number of rotatable bonds is 5. The summed E-state index contributed by atoms with van der Waals surface area (Å²) in [5.74, 6) is 1.82. The molecule has 0 spiro atoms. The lowest BCUT2D eigenvalue weighted by atomic mass is 10.1. The molecule has 1 aliphatic rings. The molecule has 1 fully saturated rings. The molecule has 78 valence electrons. The molecular formula is C11H18N2S. The molecule has 1 aromatic heterocycles. The fourth-order valence-corrected chi connectivity index (χ4v) is 2.40. The van der Waals surface area contributed by atoms with E-state index in [9.17, 15) is 0 Å². The van der Waals surface area contributed by atoms with Gasteiger partial charge in [-0.3, -0.25) is 0 Å². The first-order valence-corrected chi connectivity index (χ1v) is 6.28. The van der Waals surface area contributed by atoms with Crippen molar-refractivity contribution in [1.29, 1.82) is 0 Å². The molecule has 1 aliphatic carbocycles. The first-order chi connectivity index (χ1) is 6.77. The second-order valence-electron chi connectivity index (χ2n) is 4.31. The van der Waals surface area contributed by atoms with Gasteiger partial charge in [-0.25, -0.2) is 4.98 Å². The Hall–Kier alpha value is -0.410. The summed E-state index contributed by atoms with van der Waals surface area (Å²) in [4.78, 5) is 4.31. The number of thiazole rings is 1. The van der Waals surface area contributed by atoms with Crippen LogP contribution in [0.2, 0.25) is 0 Å². The van der Waals surface area contributed by atoms with Crippen LogP contribution >= 0.6 is 11.3 Å². The van der Waals surface area contributed by atoms with Gasteiger partial charge in [0, 0.05) is 11.6 Å². The van der Waals surface area contributed by atoms with Gasteiger partial charge in [0.05, 0.1) is 6.04 Å². The van der Waals surface area contributed by atoms with Gasteiger partial charge in [-0.2, -0.15) is 0 Å². The van der Waals surface area contributed by atoms with Crippen LogP contribution in [0.3, 0.4) is 0 Å². The van der Waals surface area contributed by atoms with Crippen molar-refractivity contribution < 1.29 is 0 Å². The molecule has 2 atom stereocenters. The molecule has 14 heavy (non-hydrogen) atoms. The third kappa shape index (κ3) is 2.55. The summed E-state index contributed by atoms with van der Waals surface area (Å²) in [7, 11) is 0. The maximum absolute atomic E-state index is 4.31. The average Bonchev–Trinajstić information content (AvgIpc) is 2.90.